The second-order valence-corrected chi connectivity index (χ2v) is 7.64. The van der Waals surface area contributed by atoms with Gasteiger partial charge >= 0.3 is 6.03 Å². The SMILES string of the molecule is CN(C)CCN1C(=O)N=S(c2ccccc2)c2cc(Cl)ccc21. The standard InChI is InChI=1S/C17H18ClN3OS/c1-20(2)10-11-21-15-9-8-13(18)12-16(15)23(19-17(21)22)14-6-4-3-5-7-14/h3-9,12H,10-11H2,1-2H3. The van der Waals surface area contributed by atoms with Gasteiger partial charge in [-0.15, -0.1) is 0 Å². The number of anilines is 1. The highest BCUT2D eigenvalue weighted by atomic mass is 35.5. The van der Waals surface area contributed by atoms with Gasteiger partial charge in [0.15, 0.2) is 0 Å². The summed E-state index contributed by atoms with van der Waals surface area (Å²) in [6.07, 6.45) is 0. The number of carbonyl (C=O) groups excluding carboxylic acids is 1. The lowest BCUT2D eigenvalue weighted by atomic mass is 10.3. The van der Waals surface area contributed by atoms with Crippen LogP contribution in [0.5, 0.6) is 0 Å². The third-order valence-electron chi connectivity index (χ3n) is 3.56. The van der Waals surface area contributed by atoms with Crippen LogP contribution in [0.2, 0.25) is 5.02 Å². The van der Waals surface area contributed by atoms with Crippen LogP contribution < -0.4 is 4.90 Å². The molecule has 23 heavy (non-hydrogen) atoms. The molecule has 6 heteroatoms. The van der Waals surface area contributed by atoms with Crippen LogP contribution in [0.15, 0.2) is 62.7 Å². The van der Waals surface area contributed by atoms with E-state index in [2.05, 4.69) is 9.26 Å². The first-order valence-electron chi connectivity index (χ1n) is 7.33. The van der Waals surface area contributed by atoms with E-state index in [9.17, 15) is 4.79 Å². The first kappa shape index (κ1) is 16.2. The molecule has 0 fully saturated rings. The van der Waals surface area contributed by atoms with Gasteiger partial charge in [0.25, 0.3) is 0 Å². The van der Waals surface area contributed by atoms with Crippen molar-refractivity contribution in [3.05, 3.63) is 53.6 Å². The molecular weight excluding hydrogens is 330 g/mol. The number of amides is 2. The maximum Gasteiger partial charge on any atom is 0.354 e. The zero-order valence-corrected chi connectivity index (χ0v) is 14.6. The highest BCUT2D eigenvalue weighted by Crippen LogP contribution is 2.35. The lowest BCUT2D eigenvalue weighted by Gasteiger charge is -2.29. The van der Waals surface area contributed by atoms with Crippen LogP contribution in [0.1, 0.15) is 0 Å². The Kier molecular flexibility index (Phi) is 4.80. The summed E-state index contributed by atoms with van der Waals surface area (Å²) < 4.78 is 4.43. The second-order valence-electron chi connectivity index (χ2n) is 5.54. The van der Waals surface area contributed by atoms with Crippen LogP contribution in [0.25, 0.3) is 0 Å². The van der Waals surface area contributed by atoms with E-state index in [1.54, 1.807) is 4.90 Å². The van der Waals surface area contributed by atoms with Crippen LogP contribution in [0.4, 0.5) is 10.5 Å². The van der Waals surface area contributed by atoms with Crippen LogP contribution in [-0.2, 0) is 10.7 Å². The van der Waals surface area contributed by atoms with E-state index in [4.69, 9.17) is 11.6 Å². The average molecular weight is 348 g/mol. The van der Waals surface area contributed by atoms with Crippen molar-refractivity contribution in [3.63, 3.8) is 0 Å². The number of likely N-dealkylation sites (N-methyl/N-ethyl adjacent to an activating group) is 1. The molecule has 2 aromatic carbocycles. The fourth-order valence-corrected chi connectivity index (χ4v) is 4.37. The van der Waals surface area contributed by atoms with Gasteiger partial charge in [0.05, 0.1) is 5.69 Å². The Morgan fingerprint density at radius 1 is 1.17 bits per heavy atom. The number of carbonyl (C=O) groups is 1. The molecule has 0 bridgehead atoms. The van der Waals surface area contributed by atoms with E-state index in [1.165, 1.54) is 0 Å². The molecule has 0 saturated carbocycles. The fraction of sp³-hybridized carbons (Fsp3) is 0.235. The molecule has 1 aliphatic heterocycles. The maximum absolute atomic E-state index is 12.6. The zero-order valence-electron chi connectivity index (χ0n) is 13.1. The molecule has 1 heterocycles. The summed E-state index contributed by atoms with van der Waals surface area (Å²) in [5.41, 5.74) is 0.906. The number of hydrogen-bond acceptors (Lipinski definition) is 2. The van der Waals surface area contributed by atoms with E-state index >= 15 is 0 Å². The van der Waals surface area contributed by atoms with Crippen molar-refractivity contribution >= 4 is 34.0 Å². The lowest BCUT2D eigenvalue weighted by Crippen LogP contribution is -2.37. The Balaban J connectivity index is 2.07. The van der Waals surface area contributed by atoms with Gasteiger partial charge in [-0.3, -0.25) is 4.90 Å². The highest BCUT2D eigenvalue weighted by molar-refractivity contribution is 7.88. The minimum absolute atomic E-state index is 0.186. The van der Waals surface area contributed by atoms with Crippen molar-refractivity contribution in [3.8, 4) is 0 Å². The van der Waals surface area contributed by atoms with E-state index in [0.717, 1.165) is 22.0 Å². The molecular formula is C17H18ClN3OS. The van der Waals surface area contributed by atoms with Gasteiger partial charge < -0.3 is 4.90 Å². The molecule has 1 aliphatic rings. The molecule has 3 rings (SSSR count). The smallest absolute Gasteiger partial charge is 0.308 e. The first-order valence-corrected chi connectivity index (χ1v) is 8.89. The molecule has 0 N–H and O–H groups in total. The Bertz CT molecular complexity index is 762. The van der Waals surface area contributed by atoms with Crippen molar-refractivity contribution in [1.29, 1.82) is 0 Å². The van der Waals surface area contributed by atoms with Crippen LogP contribution in [0.3, 0.4) is 0 Å². The molecule has 2 amide bonds. The van der Waals surface area contributed by atoms with E-state index < -0.39 is 10.7 Å². The summed E-state index contributed by atoms with van der Waals surface area (Å²) in [7, 11) is 3.36. The fourth-order valence-electron chi connectivity index (χ4n) is 2.39. The molecule has 4 nitrogen and oxygen atoms in total. The van der Waals surface area contributed by atoms with Crippen molar-refractivity contribution < 1.29 is 4.79 Å². The van der Waals surface area contributed by atoms with Crippen molar-refractivity contribution in [2.24, 2.45) is 4.36 Å². The molecule has 0 radical (unpaired) electrons. The number of hydrogen-bond donors (Lipinski definition) is 0. The summed E-state index contributed by atoms with van der Waals surface area (Å²) in [5.74, 6) is 0. The number of halogens is 1. The second kappa shape index (κ2) is 6.83. The van der Waals surface area contributed by atoms with Gasteiger partial charge in [-0.1, -0.05) is 29.8 Å². The summed E-state index contributed by atoms with van der Waals surface area (Å²) in [4.78, 5) is 18.4. The average Bonchev–Trinajstić information content (AvgIpc) is 2.54. The molecule has 1 unspecified atom stereocenters. The molecule has 0 spiro atoms. The zero-order chi connectivity index (χ0) is 16.4. The third kappa shape index (κ3) is 3.47. The third-order valence-corrected chi connectivity index (χ3v) is 5.59. The van der Waals surface area contributed by atoms with E-state index in [0.29, 0.717) is 11.6 Å². The summed E-state index contributed by atoms with van der Waals surface area (Å²) in [6.45, 7) is 1.39. The summed E-state index contributed by atoms with van der Waals surface area (Å²) >= 11 is 6.19. The number of fused-ring (bicyclic) bond motifs is 1. The quantitative estimate of drug-likeness (QED) is 0.836. The normalized spacial score (nSPS) is 17.1. The number of urea groups is 1. The molecule has 0 aromatic heterocycles. The van der Waals surface area contributed by atoms with Gasteiger partial charge in [-0.2, -0.15) is 4.36 Å². The van der Waals surface area contributed by atoms with E-state index in [-0.39, 0.29) is 6.03 Å². The Hall–Kier alpha value is -1.69. The van der Waals surface area contributed by atoms with Crippen molar-refractivity contribution in [2.75, 3.05) is 32.1 Å². The Morgan fingerprint density at radius 3 is 2.61 bits per heavy atom. The molecule has 0 saturated heterocycles. The first-order chi connectivity index (χ1) is 11.1. The molecule has 120 valence electrons. The predicted molar refractivity (Wildman–Crippen MR) is 95.5 cm³/mol. The maximum atomic E-state index is 12.6. The summed E-state index contributed by atoms with van der Waals surface area (Å²) in [6, 6.07) is 15.4. The summed E-state index contributed by atoms with van der Waals surface area (Å²) in [5, 5.41) is 0.661. The highest BCUT2D eigenvalue weighted by Gasteiger charge is 2.26. The molecule has 0 aliphatic carbocycles. The monoisotopic (exact) mass is 347 g/mol. The van der Waals surface area contributed by atoms with E-state index in [1.807, 2.05) is 62.6 Å². The lowest BCUT2D eigenvalue weighted by molar-refractivity contribution is 0.253. The van der Waals surface area contributed by atoms with Gasteiger partial charge in [0.2, 0.25) is 0 Å². The minimum atomic E-state index is -0.623. The number of benzene rings is 2. The number of rotatable bonds is 4. The van der Waals surface area contributed by atoms with Crippen LogP contribution in [0, 0.1) is 0 Å². The largest absolute Gasteiger partial charge is 0.354 e. The van der Waals surface area contributed by atoms with Crippen molar-refractivity contribution in [1.82, 2.24) is 4.90 Å². The topological polar surface area (TPSA) is 35.9 Å². The predicted octanol–water partition coefficient (Wildman–Crippen LogP) is 4.06. The molecule has 2 aromatic rings. The Labute approximate surface area is 143 Å². The van der Waals surface area contributed by atoms with Crippen molar-refractivity contribution in [2.45, 2.75) is 9.79 Å². The van der Waals surface area contributed by atoms with Gasteiger partial charge in [-0.05, 0) is 55.1 Å². The van der Waals surface area contributed by atoms with Crippen LogP contribution >= 0.6 is 11.6 Å². The van der Waals surface area contributed by atoms with Gasteiger partial charge in [0, 0.05) is 27.9 Å². The van der Waals surface area contributed by atoms with Gasteiger partial charge in [0.1, 0.15) is 0 Å². The molecule has 1 atom stereocenters. The number of nitrogens with zero attached hydrogens (tertiary/aromatic N) is 3. The minimum Gasteiger partial charge on any atom is -0.308 e. The van der Waals surface area contributed by atoms with Gasteiger partial charge in [-0.25, -0.2) is 4.79 Å². The Morgan fingerprint density at radius 2 is 1.91 bits per heavy atom. The van der Waals surface area contributed by atoms with Crippen LogP contribution in [-0.4, -0.2) is 38.1 Å².